The molecule has 6 heteroatoms. The summed E-state index contributed by atoms with van der Waals surface area (Å²) in [4.78, 5) is 4.68. The zero-order valence-electron chi connectivity index (χ0n) is 13.8. The van der Waals surface area contributed by atoms with Crippen molar-refractivity contribution in [1.82, 2.24) is 20.4 Å². The van der Waals surface area contributed by atoms with Crippen LogP contribution in [0.2, 0.25) is 0 Å². The Balaban J connectivity index is 0.00000242. The van der Waals surface area contributed by atoms with Gasteiger partial charge >= 0.3 is 0 Å². The van der Waals surface area contributed by atoms with Crippen LogP contribution in [0.25, 0.3) is 0 Å². The Labute approximate surface area is 151 Å². The number of nitrogens with one attached hydrogen (secondary N) is 2. The van der Waals surface area contributed by atoms with E-state index < -0.39 is 0 Å². The molecular formula is C16H30IN5. The van der Waals surface area contributed by atoms with Crippen LogP contribution in [0.3, 0.4) is 0 Å². The molecule has 0 bridgehead atoms. The van der Waals surface area contributed by atoms with Gasteiger partial charge in [0.15, 0.2) is 5.96 Å². The van der Waals surface area contributed by atoms with E-state index in [0.29, 0.717) is 6.04 Å². The van der Waals surface area contributed by atoms with Crippen molar-refractivity contribution in [3.63, 3.8) is 0 Å². The Kier molecular flexibility index (Phi) is 9.50. The van der Waals surface area contributed by atoms with Gasteiger partial charge in [-0.05, 0) is 38.7 Å². The third kappa shape index (κ3) is 6.98. The van der Waals surface area contributed by atoms with Crippen LogP contribution in [0.1, 0.15) is 51.0 Å². The van der Waals surface area contributed by atoms with Crippen molar-refractivity contribution in [1.29, 1.82) is 0 Å². The first kappa shape index (κ1) is 19.3. The molecule has 0 unspecified atom stereocenters. The molecule has 22 heavy (non-hydrogen) atoms. The summed E-state index contributed by atoms with van der Waals surface area (Å²) >= 11 is 0. The maximum Gasteiger partial charge on any atom is 0.191 e. The lowest BCUT2D eigenvalue weighted by Gasteiger charge is -2.24. The molecule has 1 fully saturated rings. The van der Waals surface area contributed by atoms with Crippen LogP contribution in [0.4, 0.5) is 0 Å². The van der Waals surface area contributed by atoms with Gasteiger partial charge in [0.05, 0.1) is 6.20 Å². The van der Waals surface area contributed by atoms with Gasteiger partial charge in [-0.3, -0.25) is 9.67 Å². The fraction of sp³-hybridized carbons (Fsp3) is 0.750. The number of aromatic nitrogens is 2. The van der Waals surface area contributed by atoms with Crippen molar-refractivity contribution in [2.24, 2.45) is 4.99 Å². The Morgan fingerprint density at radius 1 is 1.36 bits per heavy atom. The summed E-state index contributed by atoms with van der Waals surface area (Å²) in [5, 5.41) is 11.2. The smallest absolute Gasteiger partial charge is 0.191 e. The first-order valence-electron chi connectivity index (χ1n) is 8.32. The number of hydrogen-bond acceptors (Lipinski definition) is 2. The quantitative estimate of drug-likeness (QED) is 0.323. The zero-order valence-corrected chi connectivity index (χ0v) is 16.2. The predicted molar refractivity (Wildman–Crippen MR) is 103 cm³/mol. The summed E-state index contributed by atoms with van der Waals surface area (Å²) in [6.45, 7) is 6.86. The molecule has 2 rings (SSSR count). The van der Waals surface area contributed by atoms with Gasteiger partial charge in [-0.15, -0.1) is 24.0 Å². The van der Waals surface area contributed by atoms with Crippen molar-refractivity contribution in [3.8, 4) is 0 Å². The molecule has 0 saturated heterocycles. The lowest BCUT2D eigenvalue weighted by molar-refractivity contribution is 0.410. The van der Waals surface area contributed by atoms with Crippen LogP contribution in [0.15, 0.2) is 17.4 Å². The number of aliphatic imine (C=N–C) groups is 1. The lowest BCUT2D eigenvalue weighted by Crippen LogP contribution is -2.44. The highest BCUT2D eigenvalue weighted by Crippen LogP contribution is 2.17. The number of aryl methyl sites for hydroxylation is 2. The van der Waals surface area contributed by atoms with Crippen LogP contribution in [0.5, 0.6) is 0 Å². The maximum atomic E-state index is 4.68. The second-order valence-corrected chi connectivity index (χ2v) is 5.87. The number of rotatable bonds is 6. The molecule has 0 aromatic carbocycles. The van der Waals surface area contributed by atoms with E-state index in [1.54, 1.807) is 0 Å². The molecule has 2 N–H and O–H groups in total. The van der Waals surface area contributed by atoms with Crippen molar-refractivity contribution >= 4 is 29.9 Å². The summed E-state index contributed by atoms with van der Waals surface area (Å²) < 4.78 is 1.99. The Morgan fingerprint density at radius 2 is 2.14 bits per heavy atom. The molecular weight excluding hydrogens is 389 g/mol. The second kappa shape index (κ2) is 10.9. The van der Waals surface area contributed by atoms with Crippen LogP contribution >= 0.6 is 24.0 Å². The SMILES string of the molecule is CCNC(=NCCCn1cc(C)cn1)NC1CCCCC1.I. The molecule has 1 aromatic rings. The van der Waals surface area contributed by atoms with Gasteiger partial charge in [-0.1, -0.05) is 19.3 Å². The van der Waals surface area contributed by atoms with Gasteiger partial charge < -0.3 is 10.6 Å². The summed E-state index contributed by atoms with van der Waals surface area (Å²) in [6.07, 6.45) is 11.6. The Hall–Kier alpha value is -0.790. The van der Waals surface area contributed by atoms with Crippen LogP contribution in [0, 0.1) is 6.92 Å². The number of guanidine groups is 1. The molecule has 0 aliphatic heterocycles. The van der Waals surface area contributed by atoms with Gasteiger partial charge in [0, 0.05) is 31.9 Å². The van der Waals surface area contributed by atoms with Crippen LogP contribution in [-0.4, -0.2) is 34.9 Å². The number of nitrogens with zero attached hydrogens (tertiary/aromatic N) is 3. The molecule has 1 aromatic heterocycles. The fourth-order valence-corrected chi connectivity index (χ4v) is 2.77. The largest absolute Gasteiger partial charge is 0.357 e. The summed E-state index contributed by atoms with van der Waals surface area (Å²) in [7, 11) is 0. The van der Waals surface area contributed by atoms with E-state index in [4.69, 9.17) is 0 Å². The predicted octanol–water partition coefficient (Wildman–Crippen LogP) is 3.09. The second-order valence-electron chi connectivity index (χ2n) is 5.87. The summed E-state index contributed by atoms with van der Waals surface area (Å²) in [6, 6.07) is 0.602. The van der Waals surface area contributed by atoms with Crippen molar-refractivity contribution < 1.29 is 0 Å². The molecule has 1 heterocycles. The molecule has 5 nitrogen and oxygen atoms in total. The van der Waals surface area contributed by atoms with E-state index in [2.05, 4.69) is 40.8 Å². The summed E-state index contributed by atoms with van der Waals surface area (Å²) in [5.41, 5.74) is 1.21. The van der Waals surface area contributed by atoms with Crippen LogP contribution < -0.4 is 10.6 Å². The third-order valence-electron chi connectivity index (χ3n) is 3.87. The van der Waals surface area contributed by atoms with Gasteiger partial charge in [-0.25, -0.2) is 0 Å². The van der Waals surface area contributed by atoms with Crippen molar-refractivity contribution in [3.05, 3.63) is 18.0 Å². The normalized spacial score (nSPS) is 16.2. The van der Waals surface area contributed by atoms with Crippen LogP contribution in [-0.2, 0) is 6.54 Å². The monoisotopic (exact) mass is 419 g/mol. The van der Waals surface area contributed by atoms with E-state index in [9.17, 15) is 0 Å². The standard InChI is InChI=1S/C16H29N5.HI/c1-3-17-16(20-15-8-5-4-6-9-15)18-10-7-11-21-13-14(2)12-19-21;/h12-13,15H,3-11H2,1-2H3,(H2,17,18,20);1H. The highest BCUT2D eigenvalue weighted by Gasteiger charge is 2.14. The number of halogens is 1. The highest BCUT2D eigenvalue weighted by molar-refractivity contribution is 14.0. The van der Waals surface area contributed by atoms with E-state index in [-0.39, 0.29) is 24.0 Å². The average molecular weight is 419 g/mol. The van der Waals surface area contributed by atoms with E-state index in [0.717, 1.165) is 32.0 Å². The van der Waals surface area contributed by atoms with Gasteiger partial charge in [0.2, 0.25) is 0 Å². The molecule has 126 valence electrons. The first-order chi connectivity index (χ1) is 10.3. The topological polar surface area (TPSA) is 54.2 Å². The minimum absolute atomic E-state index is 0. The minimum atomic E-state index is 0. The Morgan fingerprint density at radius 3 is 2.77 bits per heavy atom. The van der Waals surface area contributed by atoms with Crippen molar-refractivity contribution in [2.75, 3.05) is 13.1 Å². The average Bonchev–Trinajstić information content (AvgIpc) is 2.90. The summed E-state index contributed by atoms with van der Waals surface area (Å²) in [5.74, 6) is 0.973. The molecule has 0 radical (unpaired) electrons. The minimum Gasteiger partial charge on any atom is -0.357 e. The van der Waals surface area contributed by atoms with E-state index in [1.807, 2.05) is 10.9 Å². The third-order valence-corrected chi connectivity index (χ3v) is 3.87. The zero-order chi connectivity index (χ0) is 14.9. The van der Waals surface area contributed by atoms with E-state index >= 15 is 0 Å². The maximum absolute atomic E-state index is 4.68. The highest BCUT2D eigenvalue weighted by atomic mass is 127. The first-order valence-corrected chi connectivity index (χ1v) is 8.32. The fourth-order valence-electron chi connectivity index (χ4n) is 2.77. The van der Waals surface area contributed by atoms with Gasteiger partial charge in [0.1, 0.15) is 0 Å². The Bertz CT molecular complexity index is 437. The van der Waals surface area contributed by atoms with Crippen molar-refractivity contribution in [2.45, 2.75) is 65.0 Å². The molecule has 1 aliphatic rings. The molecule has 1 aliphatic carbocycles. The molecule has 1 saturated carbocycles. The molecule has 0 atom stereocenters. The number of hydrogen-bond donors (Lipinski definition) is 2. The molecule has 0 amide bonds. The molecule has 0 spiro atoms. The lowest BCUT2D eigenvalue weighted by atomic mass is 9.96. The van der Waals surface area contributed by atoms with Gasteiger partial charge in [-0.2, -0.15) is 5.10 Å². The van der Waals surface area contributed by atoms with E-state index in [1.165, 1.54) is 37.7 Å². The van der Waals surface area contributed by atoms with Gasteiger partial charge in [0.25, 0.3) is 0 Å².